The summed E-state index contributed by atoms with van der Waals surface area (Å²) in [6.07, 6.45) is 1.55. The van der Waals surface area contributed by atoms with Gasteiger partial charge in [-0.25, -0.2) is 0 Å². The molecule has 0 saturated carbocycles. The topological polar surface area (TPSA) is 24.7 Å². The lowest BCUT2D eigenvalue weighted by Gasteiger charge is -1.79. The van der Waals surface area contributed by atoms with Gasteiger partial charge in [0.05, 0.1) is 5.70 Å². The summed E-state index contributed by atoms with van der Waals surface area (Å²) in [5.41, 5.74) is 0.787. The molecule has 0 heterocycles. The van der Waals surface area contributed by atoms with Crippen LogP contribution in [0.3, 0.4) is 0 Å². The first kappa shape index (κ1) is 16.6. The second-order valence-corrected chi connectivity index (χ2v) is 1.11. The Morgan fingerprint density at radius 2 is 1.45 bits per heavy atom. The van der Waals surface area contributed by atoms with Crippen LogP contribution >= 0.6 is 0 Å². The van der Waals surface area contributed by atoms with Gasteiger partial charge in [0.15, 0.2) is 0 Å². The molecule has 2 heteroatoms. The van der Waals surface area contributed by atoms with Gasteiger partial charge in [-0.05, 0) is 20.4 Å². The summed E-state index contributed by atoms with van der Waals surface area (Å²) in [6.45, 7) is 16.3. The Morgan fingerprint density at radius 3 is 1.55 bits per heavy atom. The quantitative estimate of drug-likeness (QED) is 0.548. The highest BCUT2D eigenvalue weighted by Crippen LogP contribution is 1.89. The van der Waals surface area contributed by atoms with Crippen LogP contribution in [0.5, 0.6) is 0 Å². The zero-order valence-electron chi connectivity index (χ0n) is 8.39. The maximum absolute atomic E-state index is 3.56. The number of rotatable bonds is 2. The van der Waals surface area contributed by atoms with Gasteiger partial charge in [-0.3, -0.25) is 9.98 Å². The molecule has 0 spiro atoms. The maximum atomic E-state index is 3.56. The van der Waals surface area contributed by atoms with Crippen molar-refractivity contribution in [2.24, 2.45) is 9.98 Å². The van der Waals surface area contributed by atoms with E-state index < -0.39 is 0 Å². The molecule has 0 aromatic carbocycles. The van der Waals surface area contributed by atoms with Crippen molar-refractivity contribution in [1.29, 1.82) is 0 Å². The zero-order valence-corrected chi connectivity index (χ0v) is 8.39. The molecule has 0 unspecified atom stereocenters. The van der Waals surface area contributed by atoms with Gasteiger partial charge in [-0.15, -0.1) is 0 Å². The molecular weight excluding hydrogens is 136 g/mol. The summed E-state index contributed by atoms with van der Waals surface area (Å²) in [7, 11) is 0. The third-order valence-corrected chi connectivity index (χ3v) is 0.528. The van der Waals surface area contributed by atoms with Gasteiger partial charge in [0, 0.05) is 6.20 Å². The van der Waals surface area contributed by atoms with Crippen LogP contribution in [0.4, 0.5) is 0 Å². The second kappa shape index (κ2) is 23.0. The monoisotopic (exact) mass is 156 g/mol. The maximum Gasteiger partial charge on any atom is 0.0547 e. The van der Waals surface area contributed by atoms with Crippen LogP contribution in [0.25, 0.3) is 0 Å². The largest absolute Gasteiger partial charge is 0.271 e. The van der Waals surface area contributed by atoms with Crippen LogP contribution in [0.2, 0.25) is 0 Å². The van der Waals surface area contributed by atoms with E-state index in [2.05, 4.69) is 23.4 Å². The summed E-state index contributed by atoms with van der Waals surface area (Å²) in [6, 6.07) is 0. The Kier molecular flexibility index (Phi) is 34.6. The normalized spacial score (nSPS) is 7.91. The molecule has 0 amide bonds. The number of nitrogens with zero attached hydrogens (tertiary/aromatic N) is 2. The molecule has 0 aliphatic heterocycles. The van der Waals surface area contributed by atoms with Crippen LogP contribution in [0.1, 0.15) is 34.6 Å². The lowest BCUT2D eigenvalue weighted by molar-refractivity contribution is 1.29. The Bertz CT molecular complexity index is 104. The van der Waals surface area contributed by atoms with Crippen LogP contribution in [0, 0.1) is 0 Å². The van der Waals surface area contributed by atoms with Crippen LogP contribution in [0.15, 0.2) is 21.9 Å². The van der Waals surface area contributed by atoms with Crippen LogP contribution in [-0.2, 0) is 0 Å². The molecule has 0 aliphatic rings. The fourth-order valence-electron chi connectivity index (χ4n) is 0.173. The standard InChI is InChI=1S/C5H8N2.2C2H6/c1-5(7-3)4-6-2;2*1-2/h4H,2-3H2,1H3;2*1-2H3/b5-4-;;. The summed E-state index contributed by atoms with van der Waals surface area (Å²) in [5.74, 6) is 0. The summed E-state index contributed by atoms with van der Waals surface area (Å²) in [5, 5.41) is 0. The minimum atomic E-state index is 0.787. The Hall–Kier alpha value is -0.920. The lowest BCUT2D eigenvalue weighted by Crippen LogP contribution is -1.60. The van der Waals surface area contributed by atoms with E-state index in [1.807, 2.05) is 34.6 Å². The van der Waals surface area contributed by atoms with E-state index in [0.29, 0.717) is 0 Å². The van der Waals surface area contributed by atoms with Crippen molar-refractivity contribution in [3.8, 4) is 0 Å². The van der Waals surface area contributed by atoms with E-state index in [0.717, 1.165) is 5.70 Å². The Morgan fingerprint density at radius 1 is 1.09 bits per heavy atom. The van der Waals surface area contributed by atoms with Gasteiger partial charge in [-0.2, -0.15) is 0 Å². The van der Waals surface area contributed by atoms with Crippen molar-refractivity contribution in [3.05, 3.63) is 11.9 Å². The van der Waals surface area contributed by atoms with E-state index in [1.54, 1.807) is 6.20 Å². The highest BCUT2D eigenvalue weighted by molar-refractivity contribution is 5.30. The number of hydrogen-bond acceptors (Lipinski definition) is 2. The average Bonchev–Trinajstić information content (AvgIpc) is 2.12. The van der Waals surface area contributed by atoms with Crippen LogP contribution < -0.4 is 0 Å². The van der Waals surface area contributed by atoms with Crippen molar-refractivity contribution < 1.29 is 0 Å². The highest BCUT2D eigenvalue weighted by Gasteiger charge is 1.71. The molecule has 11 heavy (non-hydrogen) atoms. The molecule has 66 valence electrons. The molecule has 2 nitrogen and oxygen atoms in total. The SMILES string of the molecule is C=N/C=C(/C)N=C.CC.CC. The summed E-state index contributed by atoms with van der Waals surface area (Å²) < 4.78 is 0. The van der Waals surface area contributed by atoms with Gasteiger partial charge in [0.1, 0.15) is 0 Å². The third-order valence-electron chi connectivity index (χ3n) is 0.528. The van der Waals surface area contributed by atoms with Crippen molar-refractivity contribution in [2.75, 3.05) is 0 Å². The van der Waals surface area contributed by atoms with Crippen molar-refractivity contribution in [3.63, 3.8) is 0 Å². The minimum absolute atomic E-state index is 0.787. The van der Waals surface area contributed by atoms with Gasteiger partial charge >= 0.3 is 0 Å². The number of allylic oxidation sites excluding steroid dienone is 1. The van der Waals surface area contributed by atoms with Gasteiger partial charge in [-0.1, -0.05) is 27.7 Å². The fraction of sp³-hybridized carbons (Fsp3) is 0.556. The molecule has 0 rings (SSSR count). The van der Waals surface area contributed by atoms with Gasteiger partial charge in [0.2, 0.25) is 0 Å². The third kappa shape index (κ3) is 27.3. The van der Waals surface area contributed by atoms with E-state index in [4.69, 9.17) is 0 Å². The van der Waals surface area contributed by atoms with E-state index in [-0.39, 0.29) is 0 Å². The van der Waals surface area contributed by atoms with Crippen molar-refractivity contribution in [1.82, 2.24) is 0 Å². The predicted octanol–water partition coefficient (Wildman–Crippen LogP) is 3.30. The van der Waals surface area contributed by atoms with E-state index in [1.165, 1.54) is 0 Å². The van der Waals surface area contributed by atoms with Gasteiger partial charge in [0.25, 0.3) is 0 Å². The molecule has 0 aromatic heterocycles. The average molecular weight is 156 g/mol. The molecule has 0 atom stereocenters. The van der Waals surface area contributed by atoms with Crippen LogP contribution in [-0.4, -0.2) is 13.4 Å². The number of hydrogen-bond donors (Lipinski definition) is 0. The molecule has 0 aromatic rings. The smallest absolute Gasteiger partial charge is 0.0547 e. The predicted molar refractivity (Wildman–Crippen MR) is 55.6 cm³/mol. The van der Waals surface area contributed by atoms with Gasteiger partial charge < -0.3 is 0 Å². The van der Waals surface area contributed by atoms with Crippen molar-refractivity contribution >= 4 is 13.4 Å². The molecule has 0 N–H and O–H groups in total. The first-order chi connectivity index (χ1) is 5.31. The first-order valence-electron chi connectivity index (χ1n) is 3.90. The fourth-order valence-corrected chi connectivity index (χ4v) is 0.173. The molecule has 0 fully saturated rings. The molecule has 0 radical (unpaired) electrons. The molecule has 0 saturated heterocycles. The lowest BCUT2D eigenvalue weighted by atomic mass is 10.6. The van der Waals surface area contributed by atoms with E-state index in [9.17, 15) is 0 Å². The highest BCUT2D eigenvalue weighted by atomic mass is 14.7. The van der Waals surface area contributed by atoms with E-state index >= 15 is 0 Å². The Labute approximate surface area is 70.8 Å². The summed E-state index contributed by atoms with van der Waals surface area (Å²) in [4.78, 5) is 7.02. The first-order valence-corrected chi connectivity index (χ1v) is 3.90. The Balaban J connectivity index is -0.000000138. The van der Waals surface area contributed by atoms with Crippen molar-refractivity contribution in [2.45, 2.75) is 34.6 Å². The molecule has 0 aliphatic carbocycles. The number of aliphatic imine (C=N–C) groups is 2. The molecular formula is C9H20N2. The zero-order chi connectivity index (χ0) is 9.70. The minimum Gasteiger partial charge on any atom is -0.271 e. The summed E-state index contributed by atoms with van der Waals surface area (Å²) >= 11 is 0. The molecule has 0 bridgehead atoms. The second-order valence-electron chi connectivity index (χ2n) is 1.11.